The highest BCUT2D eigenvalue weighted by Gasteiger charge is 2.35. The van der Waals surface area contributed by atoms with Crippen LogP contribution in [0.15, 0.2) is 18.2 Å². The average Bonchev–Trinajstić information content (AvgIpc) is 2.84. The number of aliphatic hydroxyl groups excluding tert-OH is 1. The van der Waals surface area contributed by atoms with Gasteiger partial charge in [0.05, 0.1) is 19.8 Å². The first-order chi connectivity index (χ1) is 16.7. The highest BCUT2D eigenvalue weighted by molar-refractivity contribution is 5.85. The van der Waals surface area contributed by atoms with Gasteiger partial charge in [-0.15, -0.1) is 12.4 Å². The molecule has 1 amide bonds. The van der Waals surface area contributed by atoms with E-state index in [0.29, 0.717) is 31.3 Å². The maximum absolute atomic E-state index is 12.7. The number of carbonyl (C=O) groups is 1. The average molecular weight is 529 g/mol. The van der Waals surface area contributed by atoms with Crippen LogP contribution >= 0.6 is 12.4 Å². The Morgan fingerprint density at radius 2 is 1.83 bits per heavy atom. The van der Waals surface area contributed by atoms with E-state index in [-0.39, 0.29) is 36.2 Å². The highest BCUT2D eigenvalue weighted by Crippen LogP contribution is 2.36. The largest absolute Gasteiger partial charge is 0.493 e. The van der Waals surface area contributed by atoms with E-state index in [1.807, 2.05) is 19.1 Å². The molecule has 36 heavy (non-hydrogen) atoms. The van der Waals surface area contributed by atoms with Gasteiger partial charge in [-0.05, 0) is 55.2 Å². The van der Waals surface area contributed by atoms with Gasteiger partial charge >= 0.3 is 0 Å². The molecule has 0 saturated heterocycles. The first-order valence-electron chi connectivity index (χ1n) is 13.2. The molecule has 0 bridgehead atoms. The number of ether oxygens (including phenoxy) is 3. The molecule has 1 saturated carbocycles. The second kappa shape index (κ2) is 16.3. The second-order valence-electron chi connectivity index (χ2n) is 10.7. The Morgan fingerprint density at radius 1 is 1.14 bits per heavy atom. The van der Waals surface area contributed by atoms with Gasteiger partial charge in [-0.2, -0.15) is 0 Å². The van der Waals surface area contributed by atoms with Gasteiger partial charge in [0.1, 0.15) is 0 Å². The smallest absolute Gasteiger partial charge is 0.226 e. The van der Waals surface area contributed by atoms with Crippen molar-refractivity contribution < 1.29 is 24.1 Å². The maximum atomic E-state index is 12.7. The van der Waals surface area contributed by atoms with Crippen LogP contribution in [-0.2, 0) is 16.0 Å². The lowest BCUT2D eigenvalue weighted by atomic mass is 9.75. The monoisotopic (exact) mass is 528 g/mol. The predicted molar refractivity (Wildman–Crippen MR) is 147 cm³/mol. The third-order valence-electron chi connectivity index (χ3n) is 7.47. The number of aliphatic hydroxyl groups is 1. The van der Waals surface area contributed by atoms with Crippen molar-refractivity contribution in [3.63, 3.8) is 0 Å². The van der Waals surface area contributed by atoms with Gasteiger partial charge in [0, 0.05) is 38.1 Å². The third-order valence-corrected chi connectivity index (χ3v) is 7.47. The zero-order chi connectivity index (χ0) is 25.8. The maximum Gasteiger partial charge on any atom is 0.226 e. The number of halogens is 1. The Balaban J connectivity index is 0.00000648. The van der Waals surface area contributed by atoms with Crippen molar-refractivity contribution in [3.8, 4) is 11.5 Å². The summed E-state index contributed by atoms with van der Waals surface area (Å²) < 4.78 is 16.5. The number of benzene rings is 1. The summed E-state index contributed by atoms with van der Waals surface area (Å²) in [5.41, 5.74) is 7.24. The predicted octanol–water partition coefficient (Wildman–Crippen LogP) is 4.51. The van der Waals surface area contributed by atoms with Gasteiger partial charge in [-0.3, -0.25) is 4.79 Å². The van der Waals surface area contributed by atoms with E-state index in [0.717, 1.165) is 49.8 Å². The molecule has 2 rings (SSSR count). The molecule has 1 aliphatic rings. The van der Waals surface area contributed by atoms with E-state index >= 15 is 0 Å². The molecule has 208 valence electrons. The summed E-state index contributed by atoms with van der Waals surface area (Å²) in [7, 11) is 3.32. The lowest BCUT2D eigenvalue weighted by Crippen LogP contribution is -2.48. The van der Waals surface area contributed by atoms with E-state index in [9.17, 15) is 9.90 Å². The summed E-state index contributed by atoms with van der Waals surface area (Å²) in [6.45, 7) is 7.80. The number of rotatable bonds is 15. The number of nitrogens with two attached hydrogens (primary N) is 1. The minimum Gasteiger partial charge on any atom is -0.493 e. The SMILES string of the molecule is COCCCOc1cc(CC(CC(N)C(O)CNC(=O)C2(C)CCCCC2)C(C)C)ccc1OC.Cl. The van der Waals surface area contributed by atoms with Gasteiger partial charge in [0.2, 0.25) is 5.91 Å². The molecule has 4 N–H and O–H groups in total. The number of amides is 1. The fourth-order valence-corrected chi connectivity index (χ4v) is 4.87. The molecule has 0 heterocycles. The molecule has 3 unspecified atom stereocenters. The van der Waals surface area contributed by atoms with Crippen LogP contribution in [0.25, 0.3) is 0 Å². The van der Waals surface area contributed by atoms with Crippen molar-refractivity contribution in [2.75, 3.05) is 34.0 Å². The summed E-state index contributed by atoms with van der Waals surface area (Å²) in [4.78, 5) is 12.7. The van der Waals surface area contributed by atoms with Crippen molar-refractivity contribution in [2.45, 2.75) is 84.3 Å². The summed E-state index contributed by atoms with van der Waals surface area (Å²) >= 11 is 0. The number of nitrogens with one attached hydrogen (secondary N) is 1. The molecular weight excluding hydrogens is 480 g/mol. The highest BCUT2D eigenvalue weighted by atomic mass is 35.5. The quantitative estimate of drug-likeness (QED) is 0.289. The number of carbonyl (C=O) groups excluding carboxylic acids is 1. The Morgan fingerprint density at radius 3 is 2.44 bits per heavy atom. The van der Waals surface area contributed by atoms with E-state index < -0.39 is 12.1 Å². The molecule has 1 aliphatic carbocycles. The second-order valence-corrected chi connectivity index (χ2v) is 10.7. The van der Waals surface area contributed by atoms with Crippen LogP contribution in [0.3, 0.4) is 0 Å². The van der Waals surface area contributed by atoms with Crippen molar-refractivity contribution in [1.82, 2.24) is 5.32 Å². The zero-order valence-corrected chi connectivity index (χ0v) is 23.7. The normalized spacial score (nSPS) is 17.6. The van der Waals surface area contributed by atoms with Crippen LogP contribution in [0.5, 0.6) is 11.5 Å². The van der Waals surface area contributed by atoms with Crippen LogP contribution in [0.1, 0.15) is 71.3 Å². The third kappa shape index (κ3) is 10.1. The van der Waals surface area contributed by atoms with Gasteiger partial charge in [-0.1, -0.05) is 46.1 Å². The fraction of sp³-hybridized carbons (Fsp3) is 0.750. The zero-order valence-electron chi connectivity index (χ0n) is 22.9. The molecule has 1 aromatic carbocycles. The molecule has 1 aromatic rings. The van der Waals surface area contributed by atoms with Crippen LogP contribution in [-0.4, -0.2) is 57.1 Å². The topological polar surface area (TPSA) is 103 Å². The van der Waals surface area contributed by atoms with Crippen LogP contribution < -0.4 is 20.5 Å². The van der Waals surface area contributed by atoms with E-state index in [4.69, 9.17) is 19.9 Å². The van der Waals surface area contributed by atoms with Crippen molar-refractivity contribution in [2.24, 2.45) is 23.0 Å². The van der Waals surface area contributed by atoms with Crippen molar-refractivity contribution >= 4 is 18.3 Å². The summed E-state index contributed by atoms with van der Waals surface area (Å²) in [5.74, 6) is 2.15. The molecule has 0 aromatic heterocycles. The first-order valence-corrected chi connectivity index (χ1v) is 13.2. The molecule has 7 nitrogen and oxygen atoms in total. The standard InChI is InChI=1S/C28H48N2O5.ClH/c1-20(2)22(16-21-10-11-25(34-5)26(17-21)35-15-9-14-33-4)18-23(29)24(31)19-30-27(32)28(3)12-7-6-8-13-28;/h10-11,17,20,22-24,31H,6-9,12-16,18-19,29H2,1-5H3,(H,30,32);1H. The van der Waals surface area contributed by atoms with Crippen molar-refractivity contribution in [3.05, 3.63) is 23.8 Å². The summed E-state index contributed by atoms with van der Waals surface area (Å²) in [6, 6.07) is 5.62. The number of methoxy groups -OCH3 is 2. The Bertz CT molecular complexity index is 770. The van der Waals surface area contributed by atoms with E-state index in [2.05, 4.69) is 25.2 Å². The minimum atomic E-state index is -0.775. The van der Waals surface area contributed by atoms with Crippen molar-refractivity contribution in [1.29, 1.82) is 0 Å². The van der Waals surface area contributed by atoms with Gasteiger partial charge in [0.15, 0.2) is 11.5 Å². The summed E-state index contributed by atoms with van der Waals surface area (Å²) in [5, 5.41) is 13.7. The van der Waals surface area contributed by atoms with Crippen LogP contribution in [0.4, 0.5) is 0 Å². The Kier molecular flexibility index (Phi) is 14.7. The fourth-order valence-electron chi connectivity index (χ4n) is 4.87. The van der Waals surface area contributed by atoms with Gasteiger partial charge in [0.25, 0.3) is 0 Å². The molecule has 0 radical (unpaired) electrons. The Hall–Kier alpha value is -1.54. The molecule has 8 heteroatoms. The molecule has 0 spiro atoms. The van der Waals surface area contributed by atoms with Gasteiger partial charge in [-0.25, -0.2) is 0 Å². The lowest BCUT2D eigenvalue weighted by Gasteiger charge is -2.33. The molecular formula is C28H49ClN2O5. The van der Waals surface area contributed by atoms with Gasteiger partial charge < -0.3 is 30.4 Å². The summed E-state index contributed by atoms with van der Waals surface area (Å²) in [6.07, 6.45) is 6.72. The lowest BCUT2D eigenvalue weighted by molar-refractivity contribution is -0.132. The minimum absolute atomic E-state index is 0. The van der Waals surface area contributed by atoms with E-state index in [1.54, 1.807) is 14.2 Å². The molecule has 1 fully saturated rings. The van der Waals surface area contributed by atoms with Crippen LogP contribution in [0.2, 0.25) is 0 Å². The van der Waals surface area contributed by atoms with E-state index in [1.165, 1.54) is 6.42 Å². The van der Waals surface area contributed by atoms with Crippen LogP contribution in [0, 0.1) is 17.3 Å². The number of hydrogen-bond donors (Lipinski definition) is 3. The molecule has 0 aliphatic heterocycles. The Labute approximate surface area is 224 Å². The number of hydrogen-bond acceptors (Lipinski definition) is 6. The molecule has 3 atom stereocenters. The first kappa shape index (κ1) is 32.5.